The van der Waals surface area contributed by atoms with Gasteiger partial charge < -0.3 is 0 Å². The Hall–Kier alpha value is -1.33. The topological polar surface area (TPSA) is 41.9 Å². The Bertz CT molecular complexity index is 593. The lowest BCUT2D eigenvalue weighted by molar-refractivity contribution is 0.311. The van der Waals surface area contributed by atoms with Crippen molar-refractivity contribution < 1.29 is 0 Å². The maximum Gasteiger partial charge on any atom is 0.142 e. The van der Waals surface area contributed by atoms with E-state index in [1.165, 1.54) is 17.7 Å². The van der Waals surface area contributed by atoms with E-state index in [0.29, 0.717) is 6.04 Å². The molecule has 0 amide bonds. The van der Waals surface area contributed by atoms with Crippen LogP contribution in [0.5, 0.6) is 0 Å². The van der Waals surface area contributed by atoms with Crippen LogP contribution >= 0.6 is 11.3 Å². The van der Waals surface area contributed by atoms with Crippen LogP contribution in [-0.4, -0.2) is 33.4 Å². The fourth-order valence-electron chi connectivity index (χ4n) is 2.63. The molecule has 1 unspecified atom stereocenters. The predicted octanol–water partition coefficient (Wildman–Crippen LogP) is 2.98. The Morgan fingerprint density at radius 2 is 2.16 bits per heavy atom. The molecular weight excluding hydrogens is 256 g/mol. The Kier molecular flexibility index (Phi) is 3.33. The van der Waals surface area contributed by atoms with Gasteiger partial charge in [-0.15, -0.1) is 11.3 Å². The summed E-state index contributed by atoms with van der Waals surface area (Å²) in [6.45, 7) is 5.18. The van der Waals surface area contributed by atoms with Crippen molar-refractivity contribution in [1.82, 2.24) is 19.9 Å². The van der Waals surface area contributed by atoms with Gasteiger partial charge in [-0.05, 0) is 46.3 Å². The Labute approximate surface area is 117 Å². The maximum atomic E-state index is 4.62. The van der Waals surface area contributed by atoms with Gasteiger partial charge in [0.2, 0.25) is 0 Å². The molecule has 0 aromatic carbocycles. The molecule has 4 nitrogen and oxygen atoms in total. The lowest BCUT2D eigenvalue weighted by Crippen LogP contribution is -2.19. The number of aromatic nitrogens is 3. The molecule has 2 aromatic rings. The summed E-state index contributed by atoms with van der Waals surface area (Å²) in [5.74, 6) is 0.834. The molecule has 0 radical (unpaired) electrons. The first-order valence-corrected chi connectivity index (χ1v) is 7.44. The normalized spacial score (nSPS) is 20.1. The second-order valence-electron chi connectivity index (χ2n) is 5.14. The Balaban J connectivity index is 2.00. The van der Waals surface area contributed by atoms with Crippen molar-refractivity contribution in [3.05, 3.63) is 28.7 Å². The van der Waals surface area contributed by atoms with Crippen molar-refractivity contribution in [3.8, 4) is 10.7 Å². The molecule has 3 rings (SSSR count). The summed E-state index contributed by atoms with van der Waals surface area (Å²) < 4.78 is 0. The highest BCUT2D eigenvalue weighted by molar-refractivity contribution is 7.14. The molecule has 1 fully saturated rings. The third-order valence-electron chi connectivity index (χ3n) is 3.56. The summed E-state index contributed by atoms with van der Waals surface area (Å²) in [4.78, 5) is 17.2. The molecule has 100 valence electrons. The van der Waals surface area contributed by atoms with Crippen LogP contribution in [0.2, 0.25) is 0 Å². The van der Waals surface area contributed by atoms with E-state index in [1.54, 1.807) is 11.3 Å². The van der Waals surface area contributed by atoms with Crippen molar-refractivity contribution in [3.63, 3.8) is 0 Å². The van der Waals surface area contributed by atoms with Crippen LogP contribution in [0, 0.1) is 13.8 Å². The van der Waals surface area contributed by atoms with Crippen LogP contribution in [-0.2, 0) is 0 Å². The Morgan fingerprint density at radius 1 is 1.32 bits per heavy atom. The first-order chi connectivity index (χ1) is 9.13. The second kappa shape index (κ2) is 4.98. The molecule has 5 heteroatoms. The third kappa shape index (κ3) is 2.53. The number of nitrogens with zero attached hydrogens (tertiary/aromatic N) is 4. The molecule has 0 spiro atoms. The number of aryl methyl sites for hydroxylation is 2. The van der Waals surface area contributed by atoms with E-state index in [4.69, 9.17) is 0 Å². The van der Waals surface area contributed by atoms with Gasteiger partial charge >= 0.3 is 0 Å². The van der Waals surface area contributed by atoms with E-state index in [-0.39, 0.29) is 0 Å². The van der Waals surface area contributed by atoms with Gasteiger partial charge in [-0.2, -0.15) is 0 Å². The predicted molar refractivity (Wildman–Crippen MR) is 77.2 cm³/mol. The lowest BCUT2D eigenvalue weighted by atomic mass is 10.1. The quantitative estimate of drug-likeness (QED) is 0.844. The number of rotatable bonds is 2. The third-order valence-corrected chi connectivity index (χ3v) is 4.50. The van der Waals surface area contributed by atoms with Crippen LogP contribution in [0.4, 0.5) is 0 Å². The summed E-state index contributed by atoms with van der Waals surface area (Å²) in [7, 11) is 2.17. The van der Waals surface area contributed by atoms with Gasteiger partial charge in [0, 0.05) is 11.1 Å². The molecule has 0 saturated carbocycles. The van der Waals surface area contributed by atoms with E-state index in [2.05, 4.69) is 39.9 Å². The molecule has 1 aliphatic rings. The zero-order chi connectivity index (χ0) is 13.4. The summed E-state index contributed by atoms with van der Waals surface area (Å²) in [5, 5.41) is 0.991. The molecular formula is C14H18N4S. The van der Waals surface area contributed by atoms with Gasteiger partial charge in [0.1, 0.15) is 16.5 Å². The molecule has 1 atom stereocenters. The van der Waals surface area contributed by atoms with Crippen LogP contribution in [0.1, 0.15) is 35.3 Å². The summed E-state index contributed by atoms with van der Waals surface area (Å²) in [5.41, 5.74) is 2.09. The van der Waals surface area contributed by atoms with Crippen LogP contribution in [0.15, 0.2) is 12.3 Å². The van der Waals surface area contributed by atoms with Crippen LogP contribution in [0.3, 0.4) is 0 Å². The fraction of sp³-hybridized carbons (Fsp3) is 0.500. The smallest absolute Gasteiger partial charge is 0.142 e. The Morgan fingerprint density at radius 3 is 2.79 bits per heavy atom. The summed E-state index contributed by atoms with van der Waals surface area (Å²) in [6, 6.07) is 2.54. The largest absolute Gasteiger partial charge is 0.298 e. The zero-order valence-corrected chi connectivity index (χ0v) is 12.4. The number of hydrogen-bond donors (Lipinski definition) is 0. The first-order valence-electron chi connectivity index (χ1n) is 6.62. The molecule has 2 aromatic heterocycles. The van der Waals surface area contributed by atoms with E-state index in [0.717, 1.165) is 28.8 Å². The minimum atomic E-state index is 0.432. The van der Waals surface area contributed by atoms with Crippen LogP contribution < -0.4 is 0 Å². The average molecular weight is 274 g/mol. The van der Waals surface area contributed by atoms with Gasteiger partial charge in [0.25, 0.3) is 0 Å². The maximum absolute atomic E-state index is 4.62. The van der Waals surface area contributed by atoms with Gasteiger partial charge in [0.15, 0.2) is 0 Å². The van der Waals surface area contributed by atoms with Gasteiger partial charge in [-0.3, -0.25) is 4.90 Å². The monoisotopic (exact) mass is 274 g/mol. The molecule has 0 bridgehead atoms. The second-order valence-corrected chi connectivity index (χ2v) is 6.37. The minimum Gasteiger partial charge on any atom is -0.298 e. The van der Waals surface area contributed by atoms with E-state index in [1.807, 2.05) is 13.1 Å². The molecule has 3 heterocycles. The van der Waals surface area contributed by atoms with Crippen molar-refractivity contribution in [2.24, 2.45) is 0 Å². The van der Waals surface area contributed by atoms with Crippen molar-refractivity contribution in [2.75, 3.05) is 13.6 Å². The number of hydrogen-bond acceptors (Lipinski definition) is 5. The SMILES string of the molecule is Cc1nc(-c2ncc(C)s2)cc(C2CCCN2C)n1. The number of likely N-dealkylation sites (tertiary alicyclic amines) is 1. The number of thiazole rings is 1. The lowest BCUT2D eigenvalue weighted by Gasteiger charge is -2.19. The summed E-state index contributed by atoms with van der Waals surface area (Å²) >= 11 is 1.69. The van der Waals surface area contributed by atoms with Crippen molar-refractivity contribution in [2.45, 2.75) is 32.7 Å². The standard InChI is InChI=1S/C14H18N4S/c1-9-8-15-14(19-9)12-7-11(16-10(2)17-12)13-5-4-6-18(13)3/h7-8,13H,4-6H2,1-3H3. The average Bonchev–Trinajstić information content (AvgIpc) is 2.97. The molecule has 0 aliphatic carbocycles. The van der Waals surface area contributed by atoms with E-state index in [9.17, 15) is 0 Å². The molecule has 1 aliphatic heterocycles. The van der Waals surface area contributed by atoms with Crippen molar-refractivity contribution >= 4 is 11.3 Å². The van der Waals surface area contributed by atoms with Gasteiger partial charge in [-0.1, -0.05) is 0 Å². The van der Waals surface area contributed by atoms with Gasteiger partial charge in [-0.25, -0.2) is 15.0 Å². The fourth-order valence-corrected chi connectivity index (χ4v) is 3.35. The van der Waals surface area contributed by atoms with E-state index >= 15 is 0 Å². The first kappa shape index (κ1) is 12.7. The van der Waals surface area contributed by atoms with Crippen LogP contribution in [0.25, 0.3) is 10.7 Å². The van der Waals surface area contributed by atoms with Crippen molar-refractivity contribution in [1.29, 1.82) is 0 Å². The highest BCUT2D eigenvalue weighted by atomic mass is 32.1. The zero-order valence-electron chi connectivity index (χ0n) is 11.6. The van der Waals surface area contributed by atoms with E-state index < -0.39 is 0 Å². The molecule has 1 saturated heterocycles. The molecule has 0 N–H and O–H groups in total. The highest BCUT2D eigenvalue weighted by Crippen LogP contribution is 2.31. The summed E-state index contributed by atoms with van der Waals surface area (Å²) in [6.07, 6.45) is 4.33. The minimum absolute atomic E-state index is 0.432. The highest BCUT2D eigenvalue weighted by Gasteiger charge is 2.24. The molecule has 19 heavy (non-hydrogen) atoms. The van der Waals surface area contributed by atoms with Gasteiger partial charge in [0.05, 0.1) is 11.7 Å².